The van der Waals surface area contributed by atoms with E-state index < -0.39 is 0 Å². The summed E-state index contributed by atoms with van der Waals surface area (Å²) in [7, 11) is 1.59. The fraction of sp³-hybridized carbons (Fsp3) is 0.562. The molecule has 1 heterocycles. The summed E-state index contributed by atoms with van der Waals surface area (Å²) in [5.41, 5.74) is 0. The molecule has 1 N–H and O–H groups in total. The minimum atomic E-state index is -0.0664. The van der Waals surface area contributed by atoms with E-state index in [0.29, 0.717) is 23.3 Å². The van der Waals surface area contributed by atoms with Crippen molar-refractivity contribution in [2.75, 3.05) is 26.9 Å². The van der Waals surface area contributed by atoms with Crippen LogP contribution in [0.25, 0.3) is 0 Å². The highest BCUT2D eigenvalue weighted by Crippen LogP contribution is 2.25. The van der Waals surface area contributed by atoms with E-state index >= 15 is 0 Å². The zero-order valence-corrected chi connectivity index (χ0v) is 13.0. The van der Waals surface area contributed by atoms with Crippen LogP contribution in [0.2, 0.25) is 0 Å². The summed E-state index contributed by atoms with van der Waals surface area (Å²) in [5.74, 6) is 2.39. The fourth-order valence-corrected chi connectivity index (χ4v) is 2.85. The van der Waals surface area contributed by atoms with Crippen LogP contribution in [0.15, 0.2) is 24.3 Å². The Labute approximate surface area is 126 Å². The number of likely N-dealkylation sites (tertiary alicyclic amines) is 1. The molecule has 5 heteroatoms. The second-order valence-electron chi connectivity index (χ2n) is 5.77. The molecular weight excluding hydrogens is 268 g/mol. The molecule has 1 aliphatic rings. The highest BCUT2D eigenvalue weighted by atomic mass is 16.5. The number of hydrogen-bond acceptors (Lipinski definition) is 3. The number of hydrogen-bond donors (Lipinski definition) is 1. The van der Waals surface area contributed by atoms with Gasteiger partial charge in [-0.1, -0.05) is 26.0 Å². The first-order valence-electron chi connectivity index (χ1n) is 7.38. The first-order chi connectivity index (χ1) is 10.1. The summed E-state index contributed by atoms with van der Waals surface area (Å²) in [6.45, 7) is 6.12. The van der Waals surface area contributed by atoms with Crippen molar-refractivity contribution < 1.29 is 14.3 Å². The van der Waals surface area contributed by atoms with Gasteiger partial charge in [-0.25, -0.2) is 4.79 Å². The molecule has 0 saturated carbocycles. The lowest BCUT2D eigenvalue weighted by Gasteiger charge is -2.34. The number of carbonyl (C=O) groups excluding carboxylic acids is 1. The van der Waals surface area contributed by atoms with Crippen molar-refractivity contribution in [2.24, 2.45) is 11.8 Å². The molecule has 2 atom stereocenters. The van der Waals surface area contributed by atoms with Gasteiger partial charge in [-0.15, -0.1) is 0 Å². The smallest absolute Gasteiger partial charge is 0.320 e. The van der Waals surface area contributed by atoms with Crippen molar-refractivity contribution in [3.05, 3.63) is 24.3 Å². The molecule has 0 aliphatic carbocycles. The molecule has 116 valence electrons. The lowest BCUT2D eigenvalue weighted by molar-refractivity contribution is 0.138. The number of para-hydroxylation sites is 2. The summed E-state index contributed by atoms with van der Waals surface area (Å²) in [6.07, 6.45) is 1.18. The third kappa shape index (κ3) is 4.28. The predicted octanol–water partition coefficient (Wildman–Crippen LogP) is 2.72. The topological polar surface area (TPSA) is 50.8 Å². The number of rotatable bonds is 4. The Morgan fingerprint density at radius 1 is 1.24 bits per heavy atom. The summed E-state index contributed by atoms with van der Waals surface area (Å²) >= 11 is 0. The van der Waals surface area contributed by atoms with Crippen molar-refractivity contribution >= 4 is 6.03 Å². The molecule has 1 aliphatic heterocycles. The summed E-state index contributed by atoms with van der Waals surface area (Å²) in [5, 5.41) is 2.80. The summed E-state index contributed by atoms with van der Waals surface area (Å²) in [4.78, 5) is 14.0. The molecule has 0 aromatic heterocycles. The molecule has 0 radical (unpaired) electrons. The average Bonchev–Trinajstić information content (AvgIpc) is 2.46. The Bertz CT molecular complexity index is 468. The minimum Gasteiger partial charge on any atom is -0.493 e. The Balaban J connectivity index is 1.81. The molecule has 5 nitrogen and oxygen atoms in total. The van der Waals surface area contributed by atoms with E-state index in [2.05, 4.69) is 19.2 Å². The first kappa shape index (κ1) is 15.5. The lowest BCUT2D eigenvalue weighted by Crippen LogP contribution is -2.48. The van der Waals surface area contributed by atoms with Crippen LogP contribution >= 0.6 is 0 Å². The number of amides is 2. The van der Waals surface area contributed by atoms with E-state index in [4.69, 9.17) is 9.47 Å². The number of nitrogens with zero attached hydrogens (tertiary/aromatic N) is 1. The van der Waals surface area contributed by atoms with Gasteiger partial charge in [0.15, 0.2) is 18.2 Å². The van der Waals surface area contributed by atoms with Gasteiger partial charge in [0.2, 0.25) is 0 Å². The van der Waals surface area contributed by atoms with Crippen LogP contribution in [0.5, 0.6) is 11.5 Å². The molecule has 0 spiro atoms. The van der Waals surface area contributed by atoms with Crippen molar-refractivity contribution in [3.63, 3.8) is 0 Å². The highest BCUT2D eigenvalue weighted by molar-refractivity contribution is 5.74. The zero-order chi connectivity index (χ0) is 15.2. The normalized spacial score (nSPS) is 21.8. The van der Waals surface area contributed by atoms with Gasteiger partial charge in [0, 0.05) is 13.1 Å². The quantitative estimate of drug-likeness (QED) is 0.868. The van der Waals surface area contributed by atoms with Crippen LogP contribution in [-0.2, 0) is 0 Å². The lowest BCUT2D eigenvalue weighted by atomic mass is 9.92. The van der Waals surface area contributed by atoms with Gasteiger partial charge in [-0.05, 0) is 30.4 Å². The van der Waals surface area contributed by atoms with E-state index in [9.17, 15) is 4.79 Å². The van der Waals surface area contributed by atoms with Crippen molar-refractivity contribution in [1.82, 2.24) is 10.2 Å². The van der Waals surface area contributed by atoms with Gasteiger partial charge < -0.3 is 19.7 Å². The fourth-order valence-electron chi connectivity index (χ4n) is 2.85. The zero-order valence-electron chi connectivity index (χ0n) is 13.0. The number of methoxy groups -OCH3 is 1. The Morgan fingerprint density at radius 3 is 2.48 bits per heavy atom. The van der Waals surface area contributed by atoms with Gasteiger partial charge in [0.1, 0.15) is 0 Å². The largest absolute Gasteiger partial charge is 0.493 e. The second-order valence-corrected chi connectivity index (χ2v) is 5.77. The van der Waals surface area contributed by atoms with Crippen LogP contribution in [0.4, 0.5) is 4.79 Å². The van der Waals surface area contributed by atoms with Gasteiger partial charge in [0.05, 0.1) is 7.11 Å². The van der Waals surface area contributed by atoms with Crippen LogP contribution < -0.4 is 14.8 Å². The molecule has 1 aromatic carbocycles. The number of urea groups is 1. The average molecular weight is 292 g/mol. The van der Waals surface area contributed by atoms with Gasteiger partial charge >= 0.3 is 6.03 Å². The molecule has 21 heavy (non-hydrogen) atoms. The third-order valence-electron chi connectivity index (χ3n) is 3.68. The van der Waals surface area contributed by atoms with Crippen LogP contribution in [0, 0.1) is 11.8 Å². The third-order valence-corrected chi connectivity index (χ3v) is 3.68. The summed E-state index contributed by atoms with van der Waals surface area (Å²) < 4.78 is 10.8. The van der Waals surface area contributed by atoms with Crippen LogP contribution in [0.3, 0.4) is 0 Å². The highest BCUT2D eigenvalue weighted by Gasteiger charge is 2.25. The monoisotopic (exact) mass is 292 g/mol. The first-order valence-corrected chi connectivity index (χ1v) is 7.38. The van der Waals surface area contributed by atoms with E-state index in [-0.39, 0.29) is 12.8 Å². The molecule has 1 fully saturated rings. The number of nitrogens with one attached hydrogen (secondary N) is 1. The Hall–Kier alpha value is -1.91. The van der Waals surface area contributed by atoms with Crippen molar-refractivity contribution in [2.45, 2.75) is 20.3 Å². The Kier molecular flexibility index (Phi) is 5.31. The number of carbonyl (C=O) groups is 1. The molecule has 0 bridgehead atoms. The predicted molar refractivity (Wildman–Crippen MR) is 81.5 cm³/mol. The maximum Gasteiger partial charge on any atom is 0.320 e. The maximum atomic E-state index is 12.1. The van der Waals surface area contributed by atoms with E-state index in [1.54, 1.807) is 7.11 Å². The van der Waals surface area contributed by atoms with Gasteiger partial charge in [-0.2, -0.15) is 0 Å². The van der Waals surface area contributed by atoms with E-state index in [1.165, 1.54) is 6.42 Å². The molecular formula is C16H24N2O3. The summed E-state index contributed by atoms with van der Waals surface area (Å²) in [6, 6.07) is 7.32. The van der Waals surface area contributed by atoms with Gasteiger partial charge in [0.25, 0.3) is 0 Å². The molecule has 2 unspecified atom stereocenters. The van der Waals surface area contributed by atoms with Crippen LogP contribution in [0.1, 0.15) is 20.3 Å². The van der Waals surface area contributed by atoms with Crippen molar-refractivity contribution in [3.8, 4) is 11.5 Å². The molecule has 2 rings (SSSR count). The number of ether oxygens (including phenoxy) is 2. The number of piperidine rings is 1. The minimum absolute atomic E-state index is 0.0664. The Morgan fingerprint density at radius 2 is 1.86 bits per heavy atom. The van der Waals surface area contributed by atoms with E-state index in [0.717, 1.165) is 13.1 Å². The molecule has 1 saturated heterocycles. The molecule has 2 amide bonds. The SMILES string of the molecule is COc1ccccc1OCNC(=O)N1CC(C)CC(C)C1. The standard InChI is InChI=1S/C16H24N2O3/c1-12-8-13(2)10-18(9-12)16(19)17-11-21-15-7-5-4-6-14(15)20-3/h4-7,12-13H,8-11H2,1-3H3,(H,17,19). The second kappa shape index (κ2) is 7.20. The van der Waals surface area contributed by atoms with E-state index in [1.807, 2.05) is 29.2 Å². The number of benzene rings is 1. The molecule has 1 aromatic rings. The maximum absolute atomic E-state index is 12.1. The van der Waals surface area contributed by atoms with Gasteiger partial charge in [-0.3, -0.25) is 0 Å². The van der Waals surface area contributed by atoms with Crippen molar-refractivity contribution in [1.29, 1.82) is 0 Å². The van der Waals surface area contributed by atoms with Crippen LogP contribution in [-0.4, -0.2) is 37.9 Å².